The maximum Gasteiger partial charge on any atom is 0.119 e. The van der Waals surface area contributed by atoms with Crippen molar-refractivity contribution in [2.75, 3.05) is 26.7 Å². The van der Waals surface area contributed by atoms with Crippen LogP contribution in [-0.4, -0.2) is 7.11 Å². The summed E-state index contributed by atoms with van der Waals surface area (Å²) in [6.45, 7) is 20.9. The monoisotopic (exact) mass is 1820 g/mol. The van der Waals surface area contributed by atoms with E-state index in [2.05, 4.69) is 567 Å². The number of ether oxygens (including phenoxy) is 1. The molecule has 22 rings (SSSR count). The summed E-state index contributed by atoms with van der Waals surface area (Å²) >= 11 is 0. The lowest BCUT2D eigenvalue weighted by atomic mass is 9.74. The fourth-order valence-corrected chi connectivity index (χ4v) is 21.8. The van der Waals surface area contributed by atoms with Crippen molar-refractivity contribution in [3.8, 4) is 94.8 Å². The van der Waals surface area contributed by atoms with Crippen molar-refractivity contribution in [2.45, 2.75) is 96.8 Å². The number of anilines is 12. The first-order valence-corrected chi connectivity index (χ1v) is 49.3. The molecule has 2 unspecified atom stereocenters. The third kappa shape index (κ3) is 18.8. The van der Waals surface area contributed by atoms with Gasteiger partial charge in [0.15, 0.2) is 0 Å². The van der Waals surface area contributed by atoms with Crippen LogP contribution in [0.15, 0.2) is 497 Å². The molecule has 0 aliphatic heterocycles. The van der Waals surface area contributed by atoms with Crippen LogP contribution < -0.4 is 24.3 Å². The molecule has 686 valence electrons. The number of methoxy groups -OCH3 is 1. The molecule has 141 heavy (non-hydrogen) atoms. The zero-order valence-corrected chi connectivity index (χ0v) is 82.0. The van der Waals surface area contributed by atoms with Crippen molar-refractivity contribution in [2.24, 2.45) is 0 Å². The van der Waals surface area contributed by atoms with Crippen molar-refractivity contribution in [1.29, 1.82) is 0 Å². The molecule has 0 saturated heterocycles. The summed E-state index contributed by atoms with van der Waals surface area (Å²) in [5.74, 6) is 0.844. The Balaban J connectivity index is 0.000000173. The highest BCUT2D eigenvalue weighted by molar-refractivity contribution is 5.87. The van der Waals surface area contributed by atoms with Gasteiger partial charge in [-0.1, -0.05) is 386 Å². The lowest BCUT2D eigenvalue weighted by Gasteiger charge is -2.29. The predicted molar refractivity (Wildman–Crippen MR) is 597 cm³/mol. The van der Waals surface area contributed by atoms with Crippen LogP contribution >= 0.6 is 0 Å². The van der Waals surface area contributed by atoms with Crippen LogP contribution in [0.5, 0.6) is 5.75 Å². The molecule has 20 aromatic rings. The summed E-state index contributed by atoms with van der Waals surface area (Å²) in [6.07, 6.45) is 2.08. The van der Waals surface area contributed by atoms with Gasteiger partial charge < -0.3 is 24.3 Å². The molecular formula is C136H116N4O. The predicted octanol–water partition coefficient (Wildman–Crippen LogP) is 37.5. The van der Waals surface area contributed by atoms with Crippen molar-refractivity contribution in [1.82, 2.24) is 0 Å². The molecule has 0 fully saturated rings. The largest absolute Gasteiger partial charge is 0.497 e. The second kappa shape index (κ2) is 38.8. The van der Waals surface area contributed by atoms with Gasteiger partial charge in [0.2, 0.25) is 0 Å². The van der Waals surface area contributed by atoms with Gasteiger partial charge >= 0.3 is 0 Å². The van der Waals surface area contributed by atoms with Gasteiger partial charge in [0, 0.05) is 79.1 Å². The molecule has 20 aromatic carbocycles. The van der Waals surface area contributed by atoms with Crippen molar-refractivity contribution in [3.63, 3.8) is 0 Å². The minimum absolute atomic E-state index is 0.0171. The third-order valence-electron chi connectivity index (χ3n) is 29.3. The smallest absolute Gasteiger partial charge is 0.119 e. The minimum Gasteiger partial charge on any atom is -0.497 e. The molecule has 0 radical (unpaired) electrons. The molecule has 0 heterocycles. The number of aryl methyl sites for hydroxylation is 3. The lowest BCUT2D eigenvalue weighted by Crippen LogP contribution is -2.23. The van der Waals surface area contributed by atoms with Gasteiger partial charge in [-0.3, -0.25) is 0 Å². The second-order valence-electron chi connectivity index (χ2n) is 39.8. The number of hydrogen-bond acceptors (Lipinski definition) is 5. The van der Waals surface area contributed by atoms with E-state index >= 15 is 0 Å². The molecule has 0 saturated carbocycles. The van der Waals surface area contributed by atoms with Gasteiger partial charge in [-0.15, -0.1) is 0 Å². The number of nitrogens with zero attached hydrogens (tertiary/aromatic N) is 4. The van der Waals surface area contributed by atoms with Crippen LogP contribution in [0.2, 0.25) is 0 Å². The summed E-state index contributed by atoms with van der Waals surface area (Å²) < 4.78 is 5.47. The average Bonchev–Trinajstić information content (AvgIpc) is 1.57. The molecule has 0 bridgehead atoms. The zero-order chi connectivity index (χ0) is 96.4. The standard InChI is InChI=1S/C78H62N2.C58H54N2O/c1-77(2)55-78(3,68-39-24-60(25-40-68)65-34-49-73(50-35-65)79(69-41-26-61(27-42-69)56-16-8-4-9-17-56)70-43-28-62(29-44-70)57-18-10-5-11-19-57)76-54-67(38-53-75(76)77)66-36-51-74(52-37-66)80(71-45-30-63(31-46-71)58-20-12-6-13-21-58)72-47-32-64(33-48-72)59-22-14-7-15-23-59;1-40-8-23-48(24-9-40)59(49-25-10-41(2)11-26-49)51-29-16-44(17-30-51)43-14-21-47(22-15-43)58(6)39-57(4,5)55-37-20-46(38-56(55)58)45-18-31-52(32-19-45)60(50-27-12-42(3)13-28-50)53-33-35-54(61-7)36-34-53/h4-54H,55H2,1-3H3;8-38H,39H2,1-7H3. The highest BCUT2D eigenvalue weighted by Gasteiger charge is 2.47. The van der Waals surface area contributed by atoms with E-state index in [0.29, 0.717) is 0 Å². The van der Waals surface area contributed by atoms with Gasteiger partial charge in [0.05, 0.1) is 7.11 Å². The summed E-state index contributed by atoms with van der Waals surface area (Å²) in [5, 5.41) is 0. The normalized spacial score (nSPS) is 14.7. The summed E-state index contributed by atoms with van der Waals surface area (Å²) in [7, 11) is 1.71. The number of fused-ring (bicyclic) bond motifs is 2. The fourth-order valence-electron chi connectivity index (χ4n) is 21.8. The van der Waals surface area contributed by atoms with Crippen LogP contribution in [0, 0.1) is 20.8 Å². The first-order chi connectivity index (χ1) is 68.7. The molecule has 5 heteroatoms. The highest BCUT2D eigenvalue weighted by Crippen LogP contribution is 2.57. The van der Waals surface area contributed by atoms with Crippen molar-refractivity contribution >= 4 is 68.2 Å². The lowest BCUT2D eigenvalue weighted by molar-refractivity contribution is 0.415. The van der Waals surface area contributed by atoms with Gasteiger partial charge in [-0.05, 0) is 337 Å². The Labute approximate surface area is 833 Å². The molecule has 2 atom stereocenters. The zero-order valence-electron chi connectivity index (χ0n) is 82.0. The van der Waals surface area contributed by atoms with Gasteiger partial charge in [0.25, 0.3) is 0 Å². The Morgan fingerprint density at radius 3 is 0.532 bits per heavy atom. The number of hydrogen-bond donors (Lipinski definition) is 0. The minimum atomic E-state index is -0.168. The van der Waals surface area contributed by atoms with Crippen LogP contribution in [0.4, 0.5) is 68.2 Å². The molecule has 2 aliphatic rings. The summed E-state index contributed by atoms with van der Waals surface area (Å²) in [4.78, 5) is 9.35. The second-order valence-corrected chi connectivity index (χ2v) is 39.8. The number of benzene rings is 20. The average molecular weight is 1820 g/mol. The fraction of sp³-hybridized carbons (Fsp3) is 0.118. The Morgan fingerprint density at radius 2 is 0.333 bits per heavy atom. The van der Waals surface area contributed by atoms with E-state index in [9.17, 15) is 0 Å². The SMILES string of the molecule is CC1(C)CC(C)(c2ccc(-c3ccc(N(c4ccc(-c5ccccc5)cc4)c4ccc(-c5ccccc5)cc4)cc3)cc2)c2cc(-c3ccc(N(c4ccc(-c5ccccc5)cc4)c4ccc(-c5ccccc5)cc4)cc3)ccc21.COc1ccc(N(c2ccc(C)cc2)c2ccc(-c3ccc4c(c3)C(C)(c3ccc(-c5ccc(N(c6ccc(C)cc6)c6ccc(C)cc6)cc5)cc3)CC4(C)C)cc2)cc1. The van der Waals surface area contributed by atoms with E-state index in [1.54, 1.807) is 7.11 Å². The van der Waals surface area contributed by atoms with Gasteiger partial charge in [-0.25, -0.2) is 0 Å². The van der Waals surface area contributed by atoms with Crippen LogP contribution in [0.1, 0.15) is 104 Å². The molecule has 2 aliphatic carbocycles. The van der Waals surface area contributed by atoms with E-state index < -0.39 is 0 Å². The van der Waals surface area contributed by atoms with Crippen molar-refractivity contribution < 1.29 is 4.74 Å². The molecule has 0 N–H and O–H groups in total. The van der Waals surface area contributed by atoms with Crippen molar-refractivity contribution in [3.05, 3.63) is 548 Å². The van der Waals surface area contributed by atoms with E-state index in [4.69, 9.17) is 4.74 Å². The number of rotatable bonds is 23. The maximum absolute atomic E-state index is 5.47. The van der Waals surface area contributed by atoms with Crippen LogP contribution in [-0.2, 0) is 21.7 Å². The Hall–Kier alpha value is -16.6. The topological polar surface area (TPSA) is 22.2 Å². The highest BCUT2D eigenvalue weighted by atomic mass is 16.5. The Bertz CT molecular complexity index is 7500. The quantitative estimate of drug-likeness (QED) is 0.0635. The van der Waals surface area contributed by atoms with E-state index in [1.165, 1.54) is 139 Å². The van der Waals surface area contributed by atoms with E-state index in [0.717, 1.165) is 86.8 Å². The molecule has 0 amide bonds. The van der Waals surface area contributed by atoms with E-state index in [1.807, 2.05) is 12.1 Å². The third-order valence-corrected chi connectivity index (χ3v) is 29.3. The van der Waals surface area contributed by atoms with Gasteiger partial charge in [0.1, 0.15) is 5.75 Å². The summed E-state index contributed by atoms with van der Waals surface area (Å²) in [6, 6.07) is 182. The molecular weight excluding hydrogens is 1710 g/mol. The molecule has 0 spiro atoms. The Kier molecular flexibility index (Phi) is 25.0. The molecule has 5 nitrogen and oxygen atoms in total. The summed E-state index contributed by atoms with van der Waals surface area (Å²) in [5.41, 5.74) is 44.6. The molecule has 0 aromatic heterocycles. The van der Waals surface area contributed by atoms with Gasteiger partial charge in [-0.2, -0.15) is 0 Å². The van der Waals surface area contributed by atoms with Crippen LogP contribution in [0.25, 0.3) is 89.0 Å². The first-order valence-electron chi connectivity index (χ1n) is 49.3. The maximum atomic E-state index is 5.47. The first kappa shape index (κ1) is 90.8. The van der Waals surface area contributed by atoms with E-state index in [-0.39, 0.29) is 21.7 Å². The van der Waals surface area contributed by atoms with Crippen LogP contribution in [0.3, 0.4) is 0 Å². The Morgan fingerprint density at radius 1 is 0.170 bits per heavy atom.